The molecule has 1 N–H and O–H groups in total. The maximum atomic E-state index is 12.5. The van der Waals surface area contributed by atoms with Gasteiger partial charge in [-0.3, -0.25) is 9.59 Å². The van der Waals surface area contributed by atoms with Crippen LogP contribution in [-0.2, 0) is 14.3 Å². The Morgan fingerprint density at radius 3 is 2.28 bits per heavy atom. The predicted molar refractivity (Wildman–Crippen MR) is 111 cm³/mol. The SMILES string of the molecule is CCOC(=O)c1ccccc1N(CC(=O)Nc1ccc(OC(C)C)cc1)C(C)=O. The third-order valence-electron chi connectivity index (χ3n) is 3.88. The molecule has 7 nitrogen and oxygen atoms in total. The number of carbonyl (C=O) groups is 3. The molecule has 0 bridgehead atoms. The number of anilines is 2. The molecule has 0 aliphatic carbocycles. The summed E-state index contributed by atoms with van der Waals surface area (Å²) in [7, 11) is 0. The van der Waals surface area contributed by atoms with E-state index in [4.69, 9.17) is 9.47 Å². The summed E-state index contributed by atoms with van der Waals surface area (Å²) < 4.78 is 10.6. The van der Waals surface area contributed by atoms with Crippen LogP contribution in [0.2, 0.25) is 0 Å². The van der Waals surface area contributed by atoms with Crippen LogP contribution in [0.5, 0.6) is 5.75 Å². The molecule has 0 atom stereocenters. The number of esters is 1. The van der Waals surface area contributed by atoms with E-state index in [1.807, 2.05) is 13.8 Å². The molecule has 154 valence electrons. The summed E-state index contributed by atoms with van der Waals surface area (Å²) in [5, 5.41) is 2.75. The van der Waals surface area contributed by atoms with E-state index >= 15 is 0 Å². The van der Waals surface area contributed by atoms with Crippen molar-refractivity contribution in [2.24, 2.45) is 0 Å². The molecule has 0 aliphatic heterocycles. The lowest BCUT2D eigenvalue weighted by Crippen LogP contribution is -2.37. The summed E-state index contributed by atoms with van der Waals surface area (Å²) >= 11 is 0. The van der Waals surface area contributed by atoms with Gasteiger partial charge in [0, 0.05) is 12.6 Å². The molecule has 0 saturated heterocycles. The van der Waals surface area contributed by atoms with Crippen LogP contribution in [0.4, 0.5) is 11.4 Å². The van der Waals surface area contributed by atoms with Gasteiger partial charge in [-0.05, 0) is 57.2 Å². The molecule has 29 heavy (non-hydrogen) atoms. The van der Waals surface area contributed by atoms with Crippen molar-refractivity contribution >= 4 is 29.2 Å². The fourth-order valence-electron chi connectivity index (χ4n) is 2.69. The molecule has 7 heteroatoms. The van der Waals surface area contributed by atoms with Gasteiger partial charge in [0.25, 0.3) is 0 Å². The average molecular weight is 398 g/mol. The van der Waals surface area contributed by atoms with E-state index in [-0.39, 0.29) is 30.7 Å². The molecule has 0 heterocycles. The van der Waals surface area contributed by atoms with Crippen LogP contribution in [0.15, 0.2) is 48.5 Å². The van der Waals surface area contributed by atoms with Crippen LogP contribution >= 0.6 is 0 Å². The second-order valence-corrected chi connectivity index (χ2v) is 6.58. The van der Waals surface area contributed by atoms with Gasteiger partial charge < -0.3 is 19.7 Å². The Labute approximate surface area is 170 Å². The summed E-state index contributed by atoms with van der Waals surface area (Å²) in [6.07, 6.45) is 0.0547. The molecule has 0 aliphatic rings. The van der Waals surface area contributed by atoms with E-state index in [0.717, 1.165) is 0 Å². The monoisotopic (exact) mass is 398 g/mol. The van der Waals surface area contributed by atoms with Gasteiger partial charge in [-0.2, -0.15) is 0 Å². The van der Waals surface area contributed by atoms with Gasteiger partial charge in [-0.1, -0.05) is 12.1 Å². The molecule has 0 aromatic heterocycles. The highest BCUT2D eigenvalue weighted by Crippen LogP contribution is 2.22. The van der Waals surface area contributed by atoms with Crippen LogP contribution in [0.1, 0.15) is 38.1 Å². The van der Waals surface area contributed by atoms with E-state index in [1.54, 1.807) is 55.5 Å². The molecular weight excluding hydrogens is 372 g/mol. The van der Waals surface area contributed by atoms with Gasteiger partial charge in [0.15, 0.2) is 0 Å². The Hall–Kier alpha value is -3.35. The molecule has 0 radical (unpaired) electrons. The van der Waals surface area contributed by atoms with Crippen molar-refractivity contribution in [2.75, 3.05) is 23.4 Å². The van der Waals surface area contributed by atoms with Gasteiger partial charge in [-0.25, -0.2) is 4.79 Å². The van der Waals surface area contributed by atoms with Crippen LogP contribution in [0.25, 0.3) is 0 Å². The zero-order valence-corrected chi connectivity index (χ0v) is 17.1. The fraction of sp³-hybridized carbons (Fsp3) is 0.318. The van der Waals surface area contributed by atoms with Crippen LogP contribution < -0.4 is 15.0 Å². The number of benzene rings is 2. The van der Waals surface area contributed by atoms with Crippen molar-refractivity contribution in [2.45, 2.75) is 33.8 Å². The molecule has 0 saturated carbocycles. The van der Waals surface area contributed by atoms with E-state index in [2.05, 4.69) is 5.32 Å². The minimum atomic E-state index is -0.546. The number of nitrogens with zero attached hydrogens (tertiary/aromatic N) is 1. The van der Waals surface area contributed by atoms with Crippen molar-refractivity contribution in [3.63, 3.8) is 0 Å². The Balaban J connectivity index is 2.14. The number of para-hydroxylation sites is 1. The van der Waals surface area contributed by atoms with E-state index in [0.29, 0.717) is 17.1 Å². The second-order valence-electron chi connectivity index (χ2n) is 6.58. The van der Waals surface area contributed by atoms with Crippen LogP contribution in [-0.4, -0.2) is 37.0 Å². The zero-order chi connectivity index (χ0) is 21.4. The summed E-state index contributed by atoms with van der Waals surface area (Å²) in [6, 6.07) is 13.5. The molecular formula is C22H26N2O5. The van der Waals surface area contributed by atoms with Gasteiger partial charge in [0.1, 0.15) is 12.3 Å². The van der Waals surface area contributed by atoms with E-state index < -0.39 is 11.9 Å². The lowest BCUT2D eigenvalue weighted by atomic mass is 10.1. The smallest absolute Gasteiger partial charge is 0.340 e. The van der Waals surface area contributed by atoms with Crippen LogP contribution in [0, 0.1) is 0 Å². The van der Waals surface area contributed by atoms with Gasteiger partial charge in [-0.15, -0.1) is 0 Å². The average Bonchev–Trinajstić information content (AvgIpc) is 2.67. The Morgan fingerprint density at radius 2 is 1.69 bits per heavy atom. The number of hydrogen-bond acceptors (Lipinski definition) is 5. The van der Waals surface area contributed by atoms with E-state index in [1.165, 1.54) is 11.8 Å². The predicted octanol–water partition coefficient (Wildman–Crippen LogP) is 3.64. The Morgan fingerprint density at radius 1 is 1.03 bits per heavy atom. The molecule has 2 rings (SSSR count). The van der Waals surface area contributed by atoms with Gasteiger partial charge in [0.2, 0.25) is 11.8 Å². The highest BCUT2D eigenvalue weighted by Gasteiger charge is 2.22. The lowest BCUT2D eigenvalue weighted by molar-refractivity contribution is -0.120. The molecule has 0 fully saturated rings. The highest BCUT2D eigenvalue weighted by molar-refractivity contribution is 6.06. The standard InChI is InChI=1S/C22H26N2O5/c1-5-28-22(27)19-8-6-7-9-20(19)24(16(4)25)14-21(26)23-17-10-12-18(13-11-17)29-15(2)3/h6-13,15H,5,14H2,1-4H3,(H,23,26). The highest BCUT2D eigenvalue weighted by atomic mass is 16.5. The van der Waals surface area contributed by atoms with Crippen molar-refractivity contribution < 1.29 is 23.9 Å². The molecule has 2 aromatic carbocycles. The topological polar surface area (TPSA) is 84.9 Å². The number of carbonyl (C=O) groups excluding carboxylic acids is 3. The fourth-order valence-corrected chi connectivity index (χ4v) is 2.69. The van der Waals surface area contributed by atoms with Gasteiger partial charge >= 0.3 is 5.97 Å². The first-order valence-electron chi connectivity index (χ1n) is 9.42. The van der Waals surface area contributed by atoms with Crippen LogP contribution in [0.3, 0.4) is 0 Å². The van der Waals surface area contributed by atoms with Crippen molar-refractivity contribution in [1.29, 1.82) is 0 Å². The second kappa shape index (κ2) is 10.3. The number of nitrogens with one attached hydrogen (secondary N) is 1. The molecule has 0 spiro atoms. The third-order valence-corrected chi connectivity index (χ3v) is 3.88. The summed E-state index contributed by atoms with van der Waals surface area (Å²) in [4.78, 5) is 38.2. The van der Waals surface area contributed by atoms with Gasteiger partial charge in [0.05, 0.1) is 24.0 Å². The molecule has 2 amide bonds. The largest absolute Gasteiger partial charge is 0.491 e. The first kappa shape index (κ1) is 21.9. The number of amides is 2. The van der Waals surface area contributed by atoms with E-state index in [9.17, 15) is 14.4 Å². The first-order valence-corrected chi connectivity index (χ1v) is 9.42. The first-order chi connectivity index (χ1) is 13.8. The summed E-state index contributed by atoms with van der Waals surface area (Å²) in [6.45, 7) is 6.88. The molecule has 2 aromatic rings. The maximum absolute atomic E-state index is 12.5. The Kier molecular flexibility index (Phi) is 7.77. The minimum absolute atomic E-state index is 0.0547. The Bertz CT molecular complexity index is 862. The van der Waals surface area contributed by atoms with Crippen molar-refractivity contribution in [3.05, 3.63) is 54.1 Å². The minimum Gasteiger partial charge on any atom is -0.491 e. The van der Waals surface area contributed by atoms with Crippen molar-refractivity contribution in [3.8, 4) is 5.75 Å². The number of ether oxygens (including phenoxy) is 2. The third kappa shape index (κ3) is 6.34. The summed E-state index contributed by atoms with van der Waals surface area (Å²) in [5.74, 6) is -0.601. The lowest BCUT2D eigenvalue weighted by Gasteiger charge is -2.23. The molecule has 0 unspecified atom stereocenters. The summed E-state index contributed by atoms with van der Waals surface area (Å²) in [5.41, 5.74) is 1.13. The number of rotatable bonds is 8. The maximum Gasteiger partial charge on any atom is 0.340 e. The zero-order valence-electron chi connectivity index (χ0n) is 17.1. The normalized spacial score (nSPS) is 10.4. The number of hydrogen-bond donors (Lipinski definition) is 1. The quantitative estimate of drug-likeness (QED) is 0.686. The van der Waals surface area contributed by atoms with Crippen molar-refractivity contribution in [1.82, 2.24) is 0 Å².